The molecule has 4 heteroatoms. The molecule has 2 aromatic rings. The number of hydrogen-bond donors (Lipinski definition) is 2. The van der Waals surface area contributed by atoms with Crippen molar-refractivity contribution in [2.45, 2.75) is 0 Å². The fraction of sp³-hybridized carbons (Fsp3) is 0. The van der Waals surface area contributed by atoms with Crippen molar-refractivity contribution in [3.63, 3.8) is 0 Å². The standard InChI is InChI=1S/C13H10BrNO2/c14-11-8-10(6-7-12(11)16)15-13(17)9-4-2-1-3-5-9/h1-8,16H,(H,15,17). The van der Waals surface area contributed by atoms with Gasteiger partial charge >= 0.3 is 0 Å². The highest BCUT2D eigenvalue weighted by Crippen LogP contribution is 2.26. The Morgan fingerprint density at radius 1 is 1.12 bits per heavy atom. The minimum absolute atomic E-state index is 0.141. The Hall–Kier alpha value is -1.81. The maximum Gasteiger partial charge on any atom is 0.255 e. The molecule has 0 fully saturated rings. The number of nitrogens with one attached hydrogen (secondary N) is 1. The zero-order valence-corrected chi connectivity index (χ0v) is 10.4. The summed E-state index contributed by atoms with van der Waals surface area (Å²) >= 11 is 3.19. The molecular weight excluding hydrogens is 282 g/mol. The summed E-state index contributed by atoms with van der Waals surface area (Å²) in [6.45, 7) is 0. The summed E-state index contributed by atoms with van der Waals surface area (Å²) in [6.07, 6.45) is 0. The first kappa shape index (κ1) is 11.7. The highest BCUT2D eigenvalue weighted by molar-refractivity contribution is 9.10. The number of carbonyl (C=O) groups excluding carboxylic acids is 1. The van der Waals surface area contributed by atoms with Crippen molar-refractivity contribution in [2.75, 3.05) is 5.32 Å². The van der Waals surface area contributed by atoms with Gasteiger partial charge in [-0.25, -0.2) is 0 Å². The molecule has 0 aliphatic carbocycles. The van der Waals surface area contributed by atoms with Gasteiger partial charge in [0.25, 0.3) is 5.91 Å². The topological polar surface area (TPSA) is 49.3 Å². The lowest BCUT2D eigenvalue weighted by molar-refractivity contribution is 0.102. The van der Waals surface area contributed by atoms with Gasteiger partial charge in [-0.05, 0) is 46.3 Å². The summed E-state index contributed by atoms with van der Waals surface area (Å²) < 4.78 is 0.545. The Bertz CT molecular complexity index is 540. The summed E-state index contributed by atoms with van der Waals surface area (Å²) in [5, 5.41) is 12.1. The van der Waals surface area contributed by atoms with Gasteiger partial charge in [-0.2, -0.15) is 0 Å². The van der Waals surface area contributed by atoms with Crippen LogP contribution in [0.3, 0.4) is 0 Å². The summed E-state index contributed by atoms with van der Waals surface area (Å²) in [5.41, 5.74) is 1.22. The molecule has 0 saturated heterocycles. The van der Waals surface area contributed by atoms with Crippen molar-refractivity contribution < 1.29 is 9.90 Å². The maximum absolute atomic E-state index is 11.8. The number of halogens is 1. The van der Waals surface area contributed by atoms with Gasteiger partial charge in [0.1, 0.15) is 5.75 Å². The van der Waals surface area contributed by atoms with Crippen LogP contribution in [0.4, 0.5) is 5.69 Å². The van der Waals surface area contributed by atoms with Crippen LogP contribution in [0.1, 0.15) is 10.4 Å². The van der Waals surface area contributed by atoms with Crippen LogP contribution in [0.25, 0.3) is 0 Å². The molecule has 0 unspecified atom stereocenters. The Balaban J connectivity index is 2.16. The third kappa shape index (κ3) is 2.85. The fourth-order valence-electron chi connectivity index (χ4n) is 1.38. The predicted octanol–water partition coefficient (Wildman–Crippen LogP) is 3.41. The van der Waals surface area contributed by atoms with E-state index in [1.54, 1.807) is 24.3 Å². The molecule has 1 amide bonds. The Kier molecular flexibility index (Phi) is 3.44. The lowest BCUT2D eigenvalue weighted by Crippen LogP contribution is -2.11. The number of hydrogen-bond acceptors (Lipinski definition) is 2. The van der Waals surface area contributed by atoms with Crippen molar-refractivity contribution in [2.24, 2.45) is 0 Å². The third-order valence-corrected chi connectivity index (χ3v) is 2.88. The normalized spacial score (nSPS) is 9.94. The van der Waals surface area contributed by atoms with Gasteiger partial charge in [-0.3, -0.25) is 4.79 Å². The summed E-state index contributed by atoms with van der Waals surface area (Å²) in [6, 6.07) is 13.8. The zero-order valence-electron chi connectivity index (χ0n) is 8.85. The largest absolute Gasteiger partial charge is 0.507 e. The number of benzene rings is 2. The summed E-state index contributed by atoms with van der Waals surface area (Å²) in [5.74, 6) is -0.0362. The van der Waals surface area contributed by atoms with Crippen molar-refractivity contribution in [3.8, 4) is 5.75 Å². The fourth-order valence-corrected chi connectivity index (χ4v) is 1.76. The van der Waals surface area contributed by atoms with Crippen LogP contribution in [-0.4, -0.2) is 11.0 Å². The molecule has 86 valence electrons. The third-order valence-electron chi connectivity index (χ3n) is 2.24. The van der Waals surface area contributed by atoms with Gasteiger partial charge in [-0.15, -0.1) is 0 Å². The highest BCUT2D eigenvalue weighted by Gasteiger charge is 2.06. The molecule has 2 aromatic carbocycles. The van der Waals surface area contributed by atoms with E-state index in [1.165, 1.54) is 6.07 Å². The molecule has 0 aliphatic rings. The van der Waals surface area contributed by atoms with Crippen LogP contribution in [0.15, 0.2) is 53.0 Å². The number of phenols is 1. The molecule has 0 spiro atoms. The van der Waals surface area contributed by atoms with Crippen LogP contribution < -0.4 is 5.32 Å². The lowest BCUT2D eigenvalue weighted by Gasteiger charge is -2.06. The number of rotatable bonds is 2. The number of amides is 1. The first-order valence-electron chi connectivity index (χ1n) is 5.02. The number of phenolic OH excluding ortho intramolecular Hbond substituents is 1. The molecule has 0 radical (unpaired) electrons. The molecule has 0 aromatic heterocycles. The van der Waals surface area contributed by atoms with Gasteiger partial charge in [-0.1, -0.05) is 18.2 Å². The molecule has 2 N–H and O–H groups in total. The van der Waals surface area contributed by atoms with Gasteiger partial charge in [0, 0.05) is 11.3 Å². The first-order valence-corrected chi connectivity index (χ1v) is 5.81. The second-order valence-corrected chi connectivity index (χ2v) is 4.34. The van der Waals surface area contributed by atoms with Crippen molar-refractivity contribution >= 4 is 27.5 Å². The van der Waals surface area contributed by atoms with Gasteiger partial charge in [0.15, 0.2) is 0 Å². The van der Waals surface area contributed by atoms with Gasteiger partial charge in [0.2, 0.25) is 0 Å². The highest BCUT2D eigenvalue weighted by atomic mass is 79.9. The average molecular weight is 292 g/mol. The van der Waals surface area contributed by atoms with Crippen molar-refractivity contribution in [1.82, 2.24) is 0 Å². The Morgan fingerprint density at radius 2 is 1.82 bits per heavy atom. The van der Waals surface area contributed by atoms with E-state index < -0.39 is 0 Å². The van der Waals surface area contributed by atoms with Gasteiger partial charge in [0.05, 0.1) is 4.47 Å². The van der Waals surface area contributed by atoms with E-state index in [0.717, 1.165) is 0 Å². The van der Waals surface area contributed by atoms with E-state index in [2.05, 4.69) is 21.2 Å². The number of anilines is 1. The van der Waals surface area contributed by atoms with Crippen molar-refractivity contribution in [3.05, 3.63) is 58.6 Å². The molecule has 0 atom stereocenters. The first-order chi connectivity index (χ1) is 8.16. The smallest absolute Gasteiger partial charge is 0.255 e. The van der Waals surface area contributed by atoms with Crippen molar-refractivity contribution in [1.29, 1.82) is 0 Å². The SMILES string of the molecule is O=C(Nc1ccc(O)c(Br)c1)c1ccccc1. The summed E-state index contributed by atoms with van der Waals surface area (Å²) in [7, 11) is 0. The second-order valence-electron chi connectivity index (χ2n) is 3.49. The predicted molar refractivity (Wildman–Crippen MR) is 70.2 cm³/mol. The van der Waals surface area contributed by atoms with E-state index in [-0.39, 0.29) is 11.7 Å². The second kappa shape index (κ2) is 5.01. The molecule has 3 nitrogen and oxygen atoms in total. The maximum atomic E-state index is 11.8. The Morgan fingerprint density at radius 3 is 2.47 bits per heavy atom. The van der Waals surface area contributed by atoms with E-state index in [9.17, 15) is 9.90 Å². The minimum atomic E-state index is -0.178. The molecule has 17 heavy (non-hydrogen) atoms. The van der Waals surface area contributed by atoms with E-state index in [1.807, 2.05) is 18.2 Å². The molecule has 0 aliphatic heterocycles. The van der Waals surface area contributed by atoms with Crippen LogP contribution in [0.5, 0.6) is 5.75 Å². The minimum Gasteiger partial charge on any atom is -0.507 e. The van der Waals surface area contributed by atoms with Crippen LogP contribution in [-0.2, 0) is 0 Å². The van der Waals surface area contributed by atoms with Crippen LogP contribution >= 0.6 is 15.9 Å². The lowest BCUT2D eigenvalue weighted by atomic mass is 10.2. The molecular formula is C13H10BrNO2. The zero-order chi connectivity index (χ0) is 12.3. The monoisotopic (exact) mass is 291 g/mol. The quantitative estimate of drug-likeness (QED) is 0.833. The van der Waals surface area contributed by atoms with E-state index in [4.69, 9.17) is 0 Å². The molecule has 0 bridgehead atoms. The number of aromatic hydroxyl groups is 1. The Labute approximate surface area is 107 Å². The van der Waals surface area contributed by atoms with Crippen LogP contribution in [0, 0.1) is 0 Å². The average Bonchev–Trinajstić information content (AvgIpc) is 2.35. The van der Waals surface area contributed by atoms with Gasteiger partial charge < -0.3 is 10.4 Å². The molecule has 0 saturated carbocycles. The van der Waals surface area contributed by atoms with Crippen LogP contribution in [0.2, 0.25) is 0 Å². The van der Waals surface area contributed by atoms with E-state index in [0.29, 0.717) is 15.7 Å². The summed E-state index contributed by atoms with van der Waals surface area (Å²) in [4.78, 5) is 11.8. The van der Waals surface area contributed by atoms with E-state index >= 15 is 0 Å². The number of carbonyl (C=O) groups is 1. The molecule has 2 rings (SSSR count). The molecule has 0 heterocycles.